The Morgan fingerprint density at radius 3 is 2.43 bits per heavy atom. The third-order valence-electron chi connectivity index (χ3n) is 3.93. The van der Waals surface area contributed by atoms with Gasteiger partial charge >= 0.3 is 5.97 Å². The summed E-state index contributed by atoms with van der Waals surface area (Å²) in [6, 6.07) is 4.13. The highest BCUT2D eigenvalue weighted by atomic mass is 32.2. The number of rotatable bonds is 4. The molecule has 0 radical (unpaired) electrons. The zero-order chi connectivity index (χ0) is 15.6. The number of carboxylic acid groups (broad SMARTS) is 1. The van der Waals surface area contributed by atoms with Crippen molar-refractivity contribution in [2.24, 2.45) is 11.1 Å². The van der Waals surface area contributed by atoms with Crippen molar-refractivity contribution >= 4 is 21.7 Å². The molecule has 1 aliphatic carbocycles. The third kappa shape index (κ3) is 3.95. The SMILES string of the molecule is CC1CCC(Nc2ccc(S(N)(=O)=O)cc2C(=O)O)CC1. The molecule has 0 heterocycles. The molecule has 21 heavy (non-hydrogen) atoms. The topological polar surface area (TPSA) is 109 Å². The Kier molecular flexibility index (Phi) is 4.53. The zero-order valence-electron chi connectivity index (χ0n) is 11.9. The number of hydrogen-bond donors (Lipinski definition) is 3. The molecule has 7 heteroatoms. The fourth-order valence-corrected chi connectivity index (χ4v) is 3.17. The van der Waals surface area contributed by atoms with E-state index in [2.05, 4.69) is 12.2 Å². The molecule has 0 amide bonds. The van der Waals surface area contributed by atoms with E-state index in [1.165, 1.54) is 12.1 Å². The molecule has 1 aromatic carbocycles. The number of benzene rings is 1. The van der Waals surface area contributed by atoms with Gasteiger partial charge in [0, 0.05) is 11.7 Å². The van der Waals surface area contributed by atoms with Crippen LogP contribution < -0.4 is 10.5 Å². The van der Waals surface area contributed by atoms with E-state index in [4.69, 9.17) is 5.14 Å². The molecule has 0 spiro atoms. The van der Waals surface area contributed by atoms with Gasteiger partial charge in [-0.1, -0.05) is 6.92 Å². The largest absolute Gasteiger partial charge is 0.478 e. The van der Waals surface area contributed by atoms with Crippen molar-refractivity contribution < 1.29 is 18.3 Å². The van der Waals surface area contributed by atoms with Crippen molar-refractivity contribution in [3.05, 3.63) is 23.8 Å². The second-order valence-corrected chi connectivity index (χ2v) is 7.22. The predicted octanol–water partition coefficient (Wildman–Crippen LogP) is 2.02. The normalized spacial score (nSPS) is 22.8. The Labute approximate surface area is 124 Å². The molecule has 0 unspecified atom stereocenters. The van der Waals surface area contributed by atoms with E-state index >= 15 is 0 Å². The minimum atomic E-state index is -3.91. The molecular weight excluding hydrogens is 292 g/mol. The summed E-state index contributed by atoms with van der Waals surface area (Å²) in [5.74, 6) is -0.473. The van der Waals surface area contributed by atoms with E-state index in [9.17, 15) is 18.3 Å². The van der Waals surface area contributed by atoms with Crippen molar-refractivity contribution in [1.29, 1.82) is 0 Å². The first kappa shape index (κ1) is 15.8. The summed E-state index contributed by atoms with van der Waals surface area (Å²) in [6.07, 6.45) is 4.18. The maximum absolute atomic E-state index is 11.3. The Bertz CT molecular complexity index is 634. The molecule has 4 N–H and O–H groups in total. The molecule has 1 aliphatic rings. The molecule has 0 saturated heterocycles. The minimum Gasteiger partial charge on any atom is -0.478 e. The smallest absolute Gasteiger partial charge is 0.337 e. The monoisotopic (exact) mass is 312 g/mol. The Morgan fingerprint density at radius 2 is 1.90 bits per heavy atom. The first-order valence-electron chi connectivity index (χ1n) is 6.94. The number of primary sulfonamides is 1. The van der Waals surface area contributed by atoms with Crippen LogP contribution in [0.4, 0.5) is 5.69 Å². The summed E-state index contributed by atoms with van der Waals surface area (Å²) < 4.78 is 22.6. The maximum atomic E-state index is 11.3. The average Bonchev–Trinajstić information content (AvgIpc) is 2.40. The number of aromatic carboxylic acids is 1. The van der Waals surface area contributed by atoms with Crippen LogP contribution in [0.3, 0.4) is 0 Å². The van der Waals surface area contributed by atoms with Gasteiger partial charge in [0.1, 0.15) is 0 Å². The van der Waals surface area contributed by atoms with E-state index in [1.54, 1.807) is 0 Å². The van der Waals surface area contributed by atoms with Crippen molar-refractivity contribution in [1.82, 2.24) is 0 Å². The summed E-state index contributed by atoms with van der Waals surface area (Å²) in [4.78, 5) is 11.1. The van der Waals surface area contributed by atoms with E-state index in [0.717, 1.165) is 31.7 Å². The van der Waals surface area contributed by atoms with Crippen LogP contribution in [0, 0.1) is 5.92 Å². The van der Waals surface area contributed by atoms with Gasteiger partial charge < -0.3 is 10.4 Å². The summed E-state index contributed by atoms with van der Waals surface area (Å²) in [5.41, 5.74) is 0.370. The van der Waals surface area contributed by atoms with Gasteiger partial charge in [-0.15, -0.1) is 0 Å². The van der Waals surface area contributed by atoms with Crippen LogP contribution in [0.5, 0.6) is 0 Å². The molecule has 6 nitrogen and oxygen atoms in total. The number of carboxylic acids is 1. The molecule has 0 atom stereocenters. The lowest BCUT2D eigenvalue weighted by Crippen LogP contribution is -2.26. The molecular formula is C14H20N2O4S. The first-order chi connectivity index (χ1) is 9.77. The Balaban J connectivity index is 2.25. The van der Waals surface area contributed by atoms with Gasteiger partial charge in [0.2, 0.25) is 10.0 Å². The number of nitrogens with one attached hydrogen (secondary N) is 1. The molecule has 1 saturated carbocycles. The number of nitrogens with two attached hydrogens (primary N) is 1. The summed E-state index contributed by atoms with van der Waals surface area (Å²) in [5, 5.41) is 17.5. The van der Waals surface area contributed by atoms with E-state index in [0.29, 0.717) is 11.6 Å². The van der Waals surface area contributed by atoms with Gasteiger partial charge in [0.05, 0.1) is 10.5 Å². The van der Waals surface area contributed by atoms with Crippen LogP contribution in [0.1, 0.15) is 43.0 Å². The fourth-order valence-electron chi connectivity index (χ4n) is 2.63. The van der Waals surface area contributed by atoms with Crippen LogP contribution in [-0.2, 0) is 10.0 Å². The molecule has 1 fully saturated rings. The molecule has 1 aromatic rings. The Morgan fingerprint density at radius 1 is 1.29 bits per heavy atom. The van der Waals surface area contributed by atoms with E-state index < -0.39 is 16.0 Å². The van der Waals surface area contributed by atoms with Crippen molar-refractivity contribution in [2.75, 3.05) is 5.32 Å². The summed E-state index contributed by atoms with van der Waals surface area (Å²) in [7, 11) is -3.91. The second kappa shape index (κ2) is 6.03. The van der Waals surface area contributed by atoms with Gasteiger partial charge in [-0.2, -0.15) is 0 Å². The van der Waals surface area contributed by atoms with E-state index in [-0.39, 0.29) is 16.5 Å². The molecule has 2 rings (SSSR count). The highest BCUT2D eigenvalue weighted by Gasteiger charge is 2.21. The number of carbonyl (C=O) groups is 1. The number of sulfonamides is 1. The third-order valence-corrected chi connectivity index (χ3v) is 4.84. The van der Waals surface area contributed by atoms with Crippen molar-refractivity contribution in [3.63, 3.8) is 0 Å². The standard InChI is InChI=1S/C14H20N2O4S/c1-9-2-4-10(5-3-9)16-13-7-6-11(21(15,19)20)8-12(13)14(17)18/h6-10,16H,2-5H2,1H3,(H,17,18)(H2,15,19,20). The van der Waals surface area contributed by atoms with Gasteiger partial charge in [0.25, 0.3) is 0 Å². The quantitative estimate of drug-likeness (QED) is 0.788. The molecule has 116 valence electrons. The van der Waals surface area contributed by atoms with E-state index in [1.807, 2.05) is 0 Å². The highest BCUT2D eigenvalue weighted by Crippen LogP contribution is 2.28. The maximum Gasteiger partial charge on any atom is 0.337 e. The van der Waals surface area contributed by atoms with Gasteiger partial charge in [0.15, 0.2) is 0 Å². The van der Waals surface area contributed by atoms with Crippen LogP contribution in [0.25, 0.3) is 0 Å². The zero-order valence-corrected chi connectivity index (χ0v) is 12.7. The highest BCUT2D eigenvalue weighted by molar-refractivity contribution is 7.89. The van der Waals surface area contributed by atoms with Gasteiger partial charge in [-0.25, -0.2) is 18.4 Å². The lowest BCUT2D eigenvalue weighted by atomic mass is 9.87. The van der Waals surface area contributed by atoms with Gasteiger partial charge in [-0.3, -0.25) is 0 Å². The Hall–Kier alpha value is -1.60. The summed E-state index contributed by atoms with van der Waals surface area (Å²) in [6.45, 7) is 2.21. The van der Waals surface area contributed by atoms with Crippen LogP contribution in [0.15, 0.2) is 23.1 Å². The second-order valence-electron chi connectivity index (χ2n) is 5.66. The van der Waals surface area contributed by atoms with Crippen molar-refractivity contribution in [2.45, 2.75) is 43.5 Å². The fraction of sp³-hybridized carbons (Fsp3) is 0.500. The number of anilines is 1. The summed E-state index contributed by atoms with van der Waals surface area (Å²) >= 11 is 0. The van der Waals surface area contributed by atoms with Crippen LogP contribution in [-0.4, -0.2) is 25.5 Å². The van der Waals surface area contributed by atoms with Crippen molar-refractivity contribution in [3.8, 4) is 0 Å². The lowest BCUT2D eigenvalue weighted by Gasteiger charge is -2.28. The van der Waals surface area contributed by atoms with Crippen LogP contribution in [0.2, 0.25) is 0 Å². The predicted molar refractivity (Wildman–Crippen MR) is 79.8 cm³/mol. The van der Waals surface area contributed by atoms with Gasteiger partial charge in [-0.05, 0) is 49.8 Å². The molecule has 0 bridgehead atoms. The number of hydrogen-bond acceptors (Lipinski definition) is 4. The molecule has 0 aromatic heterocycles. The first-order valence-corrected chi connectivity index (χ1v) is 8.48. The minimum absolute atomic E-state index is 0.0693. The molecule has 0 aliphatic heterocycles. The lowest BCUT2D eigenvalue weighted by molar-refractivity contribution is 0.0697. The van der Waals surface area contributed by atoms with Crippen LogP contribution >= 0.6 is 0 Å². The average molecular weight is 312 g/mol.